The number of nitrogens with two attached hydrogens (primary N) is 1. The van der Waals surface area contributed by atoms with Crippen molar-refractivity contribution in [1.82, 2.24) is 19.7 Å². The number of aromatic nitrogens is 3. The van der Waals surface area contributed by atoms with Crippen LogP contribution in [0.4, 0.5) is 17.6 Å². The number of amides is 2. The number of nitrogens with one attached hydrogen (secondary N) is 1. The van der Waals surface area contributed by atoms with E-state index in [1.807, 2.05) is 0 Å². The SMILES string of the molecule is COc1cc(C(=O)NC[C@](O)(c2cc3c(c(-c4ccc(F)cc4)n2)OC[C@]3(C)C(N)=O)C(F)(F)F)n2ccnc2c1. The van der Waals surface area contributed by atoms with E-state index in [0.29, 0.717) is 5.65 Å². The van der Waals surface area contributed by atoms with Gasteiger partial charge in [-0.2, -0.15) is 13.2 Å². The highest BCUT2D eigenvalue weighted by Gasteiger charge is 2.57. The number of fused-ring (bicyclic) bond motifs is 2. The highest BCUT2D eigenvalue weighted by Crippen LogP contribution is 2.47. The number of aliphatic hydroxyl groups is 1. The highest BCUT2D eigenvalue weighted by atomic mass is 19.4. The van der Waals surface area contributed by atoms with Crippen molar-refractivity contribution >= 4 is 17.5 Å². The van der Waals surface area contributed by atoms with E-state index < -0.39 is 47.1 Å². The molecule has 10 nitrogen and oxygen atoms in total. The molecule has 41 heavy (non-hydrogen) atoms. The van der Waals surface area contributed by atoms with Gasteiger partial charge < -0.3 is 25.6 Å². The molecule has 0 radical (unpaired) electrons. The molecular formula is C27H23F4N5O5. The largest absolute Gasteiger partial charge is 0.497 e. The van der Waals surface area contributed by atoms with E-state index in [2.05, 4.69) is 15.3 Å². The van der Waals surface area contributed by atoms with Crippen molar-refractivity contribution < 1.29 is 41.7 Å². The van der Waals surface area contributed by atoms with Gasteiger partial charge in [0.2, 0.25) is 11.5 Å². The number of benzene rings is 1. The average molecular weight is 574 g/mol. The van der Waals surface area contributed by atoms with Gasteiger partial charge in [-0.3, -0.25) is 14.0 Å². The van der Waals surface area contributed by atoms with E-state index >= 15 is 0 Å². The van der Waals surface area contributed by atoms with Crippen LogP contribution in [0.15, 0.2) is 54.9 Å². The lowest BCUT2D eigenvalue weighted by Gasteiger charge is -2.31. The molecule has 2 atom stereocenters. The maximum Gasteiger partial charge on any atom is 0.424 e. The molecule has 0 aliphatic carbocycles. The van der Waals surface area contributed by atoms with Crippen LogP contribution in [0.1, 0.15) is 28.7 Å². The summed E-state index contributed by atoms with van der Waals surface area (Å²) in [5.41, 5.74) is -0.524. The number of hydrogen-bond donors (Lipinski definition) is 3. The van der Waals surface area contributed by atoms with E-state index in [-0.39, 0.29) is 40.6 Å². The topological polar surface area (TPSA) is 141 Å². The fraction of sp³-hybridized carbons (Fsp3) is 0.259. The average Bonchev–Trinajstić information content (AvgIpc) is 3.55. The number of hydrogen-bond acceptors (Lipinski definition) is 7. The Kier molecular flexibility index (Phi) is 6.60. The van der Waals surface area contributed by atoms with Crippen molar-refractivity contribution in [2.75, 3.05) is 20.3 Å². The molecule has 1 aromatic carbocycles. The van der Waals surface area contributed by atoms with E-state index in [0.717, 1.165) is 18.2 Å². The van der Waals surface area contributed by atoms with Gasteiger partial charge in [-0.25, -0.2) is 14.4 Å². The Bertz CT molecular complexity index is 1670. The molecule has 2 amide bonds. The summed E-state index contributed by atoms with van der Waals surface area (Å²) in [5, 5.41) is 13.3. The third-order valence-electron chi connectivity index (χ3n) is 7.08. The second-order valence-corrected chi connectivity index (χ2v) is 9.70. The van der Waals surface area contributed by atoms with Crippen LogP contribution in [0.3, 0.4) is 0 Å². The van der Waals surface area contributed by atoms with Gasteiger partial charge in [0.15, 0.2) is 0 Å². The monoisotopic (exact) mass is 573 g/mol. The zero-order valence-corrected chi connectivity index (χ0v) is 21.6. The number of methoxy groups -OCH3 is 1. The number of pyridine rings is 2. The lowest BCUT2D eigenvalue weighted by Crippen LogP contribution is -2.52. The first-order chi connectivity index (χ1) is 19.3. The predicted octanol–water partition coefficient (Wildman–Crippen LogP) is 2.86. The van der Waals surface area contributed by atoms with Crippen LogP contribution in [0.2, 0.25) is 0 Å². The summed E-state index contributed by atoms with van der Waals surface area (Å²) in [6.07, 6.45) is -2.54. The highest BCUT2D eigenvalue weighted by molar-refractivity contribution is 5.94. The summed E-state index contributed by atoms with van der Waals surface area (Å²) in [4.78, 5) is 33.6. The van der Waals surface area contributed by atoms with Crippen molar-refractivity contribution in [3.05, 3.63) is 77.6 Å². The van der Waals surface area contributed by atoms with Gasteiger partial charge in [0.25, 0.3) is 5.91 Å². The molecule has 0 fully saturated rings. The van der Waals surface area contributed by atoms with Crippen LogP contribution in [0, 0.1) is 5.82 Å². The Balaban J connectivity index is 1.61. The lowest BCUT2D eigenvalue weighted by atomic mass is 9.81. The third kappa shape index (κ3) is 4.59. The fourth-order valence-corrected chi connectivity index (χ4v) is 4.53. The summed E-state index contributed by atoms with van der Waals surface area (Å²) in [5.74, 6) is -2.27. The number of halogens is 4. The van der Waals surface area contributed by atoms with Crippen molar-refractivity contribution in [3.63, 3.8) is 0 Å². The summed E-state index contributed by atoms with van der Waals surface area (Å²) in [6.45, 7) is -0.270. The Labute approximate surface area is 229 Å². The Morgan fingerprint density at radius 2 is 1.93 bits per heavy atom. The molecule has 0 saturated heterocycles. The van der Waals surface area contributed by atoms with Gasteiger partial charge in [-0.1, -0.05) is 0 Å². The molecule has 3 aromatic heterocycles. The first-order valence-corrected chi connectivity index (χ1v) is 12.1. The minimum atomic E-state index is -5.36. The first-order valence-electron chi connectivity index (χ1n) is 12.1. The number of imidazole rings is 1. The van der Waals surface area contributed by atoms with Crippen LogP contribution in [0.5, 0.6) is 11.5 Å². The van der Waals surface area contributed by atoms with E-state index in [9.17, 15) is 32.3 Å². The fourth-order valence-electron chi connectivity index (χ4n) is 4.53. The van der Waals surface area contributed by atoms with Crippen molar-refractivity contribution in [3.8, 4) is 22.8 Å². The molecule has 0 bridgehead atoms. The molecule has 4 heterocycles. The first kappa shape index (κ1) is 27.8. The molecule has 4 aromatic rings. The maximum absolute atomic E-state index is 14.6. The number of carbonyl (C=O) groups excluding carboxylic acids is 2. The number of primary amides is 1. The number of rotatable bonds is 7. The van der Waals surface area contributed by atoms with Crippen LogP contribution in [-0.4, -0.2) is 57.7 Å². The van der Waals surface area contributed by atoms with Crippen LogP contribution in [0.25, 0.3) is 16.9 Å². The van der Waals surface area contributed by atoms with Gasteiger partial charge in [0.05, 0.1) is 19.3 Å². The summed E-state index contributed by atoms with van der Waals surface area (Å²) in [7, 11) is 1.35. The minimum absolute atomic E-state index is 0.0332. The van der Waals surface area contributed by atoms with Crippen LogP contribution in [-0.2, 0) is 15.8 Å². The van der Waals surface area contributed by atoms with Crippen LogP contribution >= 0.6 is 0 Å². The number of alkyl halides is 3. The standard InChI is InChI=1S/C27H23F4N5O5/c1-25(24(32)38)13-41-22-17(25)11-19(35-21(22)14-3-5-15(28)6-4-14)26(39,27(29,30)31)12-34-23(37)18-9-16(40-2)10-20-33-7-8-36(18)20/h3-11,39H,12-13H2,1-2H3,(H2,32,38)(H,34,37)/t25-,26-/m0/s1. The van der Waals surface area contributed by atoms with E-state index in [1.54, 1.807) is 0 Å². The molecule has 5 rings (SSSR count). The Morgan fingerprint density at radius 3 is 2.56 bits per heavy atom. The quantitative estimate of drug-likeness (QED) is 0.289. The maximum atomic E-state index is 14.6. The number of nitrogens with zero attached hydrogens (tertiary/aromatic N) is 3. The zero-order chi connectivity index (χ0) is 29.7. The van der Waals surface area contributed by atoms with Gasteiger partial charge in [-0.15, -0.1) is 0 Å². The number of carbonyl (C=O) groups is 2. The molecule has 14 heteroatoms. The second kappa shape index (κ2) is 9.73. The van der Waals surface area contributed by atoms with Crippen molar-refractivity contribution in [1.29, 1.82) is 0 Å². The molecule has 0 unspecified atom stereocenters. The predicted molar refractivity (Wildman–Crippen MR) is 136 cm³/mol. The number of ether oxygens (including phenoxy) is 2. The van der Waals surface area contributed by atoms with E-state index in [1.165, 1.54) is 55.1 Å². The molecule has 0 spiro atoms. The van der Waals surface area contributed by atoms with E-state index in [4.69, 9.17) is 15.2 Å². The van der Waals surface area contributed by atoms with Crippen molar-refractivity contribution in [2.24, 2.45) is 5.73 Å². The van der Waals surface area contributed by atoms with Gasteiger partial charge in [0, 0.05) is 35.7 Å². The summed E-state index contributed by atoms with van der Waals surface area (Å²) >= 11 is 0. The normalized spacial score (nSPS) is 17.9. The van der Waals surface area contributed by atoms with Crippen LogP contribution < -0.4 is 20.5 Å². The molecule has 1 aliphatic heterocycles. The lowest BCUT2D eigenvalue weighted by molar-refractivity contribution is -0.265. The smallest absolute Gasteiger partial charge is 0.424 e. The van der Waals surface area contributed by atoms with Crippen molar-refractivity contribution in [2.45, 2.75) is 24.1 Å². The Morgan fingerprint density at radius 1 is 1.22 bits per heavy atom. The minimum Gasteiger partial charge on any atom is -0.497 e. The van der Waals surface area contributed by atoms with Gasteiger partial charge in [0.1, 0.15) is 46.4 Å². The summed E-state index contributed by atoms with van der Waals surface area (Å²) in [6, 6.07) is 8.37. The Hall–Kier alpha value is -4.72. The second-order valence-electron chi connectivity index (χ2n) is 9.70. The third-order valence-corrected chi connectivity index (χ3v) is 7.08. The zero-order valence-electron chi connectivity index (χ0n) is 21.6. The molecule has 1 aliphatic rings. The summed E-state index contributed by atoms with van der Waals surface area (Å²) < 4.78 is 69.6. The molecular weight excluding hydrogens is 550 g/mol. The van der Waals surface area contributed by atoms with Gasteiger partial charge >= 0.3 is 6.18 Å². The molecule has 214 valence electrons. The van der Waals surface area contributed by atoms with Gasteiger partial charge in [-0.05, 0) is 37.3 Å². The molecule has 0 saturated carbocycles. The molecule has 4 N–H and O–H groups in total.